The summed E-state index contributed by atoms with van der Waals surface area (Å²) >= 11 is 7.95. The number of rotatable bonds is 3. The molecule has 2 aromatic rings. The zero-order valence-corrected chi connectivity index (χ0v) is 18.6. The standard InChI is InChI=1S/C24H25ClN2O2S/c1-16-5-4-6-17(13-16)15-26-21-10-9-19(25)14-20(21)24(23(26)29)27(11-12-30-24)22(28)18-7-2-3-8-18/h4-6,9-10,13-14,18H,2-3,7-8,11-12,15H2,1H3/t24-/m1/s1. The molecule has 1 saturated carbocycles. The molecule has 0 aromatic heterocycles. The summed E-state index contributed by atoms with van der Waals surface area (Å²) in [5, 5.41) is 0.596. The van der Waals surface area contributed by atoms with Crippen LogP contribution in [0.4, 0.5) is 5.69 Å². The average molecular weight is 441 g/mol. The number of carbonyl (C=O) groups excluding carboxylic acids is 2. The van der Waals surface area contributed by atoms with Gasteiger partial charge in [-0.25, -0.2) is 0 Å². The number of amides is 2. The van der Waals surface area contributed by atoms with Gasteiger partial charge in [-0.2, -0.15) is 0 Å². The van der Waals surface area contributed by atoms with Crippen molar-refractivity contribution in [1.82, 2.24) is 4.90 Å². The zero-order valence-electron chi connectivity index (χ0n) is 17.1. The van der Waals surface area contributed by atoms with E-state index in [0.29, 0.717) is 18.1 Å². The lowest BCUT2D eigenvalue weighted by atomic mass is 10.0. The van der Waals surface area contributed by atoms with Crippen LogP contribution >= 0.6 is 23.4 Å². The molecular weight excluding hydrogens is 416 g/mol. The van der Waals surface area contributed by atoms with Crippen molar-refractivity contribution in [1.29, 1.82) is 0 Å². The first-order valence-electron chi connectivity index (χ1n) is 10.6. The quantitative estimate of drug-likeness (QED) is 0.665. The van der Waals surface area contributed by atoms with Crippen molar-refractivity contribution in [2.75, 3.05) is 17.2 Å². The number of nitrogens with zero attached hydrogens (tertiary/aromatic N) is 2. The molecule has 3 aliphatic rings. The molecule has 1 spiro atoms. The molecule has 1 aliphatic carbocycles. The fraction of sp³-hybridized carbons (Fsp3) is 0.417. The first-order valence-corrected chi connectivity index (χ1v) is 12.0. The predicted molar refractivity (Wildman–Crippen MR) is 122 cm³/mol. The van der Waals surface area contributed by atoms with E-state index in [1.165, 1.54) is 5.56 Å². The van der Waals surface area contributed by atoms with Crippen LogP contribution in [0.1, 0.15) is 42.4 Å². The summed E-state index contributed by atoms with van der Waals surface area (Å²) in [5.74, 6) is 0.917. The van der Waals surface area contributed by atoms with E-state index in [9.17, 15) is 9.59 Å². The van der Waals surface area contributed by atoms with Gasteiger partial charge in [0.25, 0.3) is 5.91 Å². The van der Waals surface area contributed by atoms with Crippen molar-refractivity contribution in [3.05, 3.63) is 64.2 Å². The predicted octanol–water partition coefficient (Wildman–Crippen LogP) is 5.11. The van der Waals surface area contributed by atoms with Gasteiger partial charge in [-0.3, -0.25) is 9.59 Å². The average Bonchev–Trinajstić information content (AvgIpc) is 3.45. The van der Waals surface area contributed by atoms with Crippen LogP contribution in [0.5, 0.6) is 0 Å². The topological polar surface area (TPSA) is 40.6 Å². The summed E-state index contributed by atoms with van der Waals surface area (Å²) in [6.45, 7) is 3.15. The smallest absolute Gasteiger partial charge is 0.268 e. The van der Waals surface area contributed by atoms with Crippen molar-refractivity contribution in [2.45, 2.75) is 44.0 Å². The maximum Gasteiger partial charge on any atom is 0.268 e. The molecule has 2 amide bonds. The molecule has 0 bridgehead atoms. The number of hydrogen-bond acceptors (Lipinski definition) is 3. The highest BCUT2D eigenvalue weighted by Crippen LogP contribution is 2.55. The van der Waals surface area contributed by atoms with Gasteiger partial charge in [0, 0.05) is 28.8 Å². The van der Waals surface area contributed by atoms with Crippen molar-refractivity contribution >= 4 is 40.9 Å². The molecule has 0 unspecified atom stereocenters. The fourth-order valence-electron chi connectivity index (χ4n) is 5.15. The highest BCUT2D eigenvalue weighted by molar-refractivity contribution is 8.01. The van der Waals surface area contributed by atoms with Crippen molar-refractivity contribution in [3.8, 4) is 0 Å². The third kappa shape index (κ3) is 3.05. The third-order valence-electron chi connectivity index (χ3n) is 6.55. The molecule has 4 nitrogen and oxygen atoms in total. The number of aryl methyl sites for hydroxylation is 1. The Balaban J connectivity index is 1.57. The Morgan fingerprint density at radius 2 is 2.00 bits per heavy atom. The second-order valence-corrected chi connectivity index (χ2v) is 10.2. The number of anilines is 1. The van der Waals surface area contributed by atoms with Gasteiger partial charge in [-0.15, -0.1) is 11.8 Å². The molecule has 5 rings (SSSR count). The van der Waals surface area contributed by atoms with Gasteiger partial charge in [0.2, 0.25) is 5.91 Å². The van der Waals surface area contributed by atoms with E-state index < -0.39 is 4.87 Å². The van der Waals surface area contributed by atoms with E-state index in [1.54, 1.807) is 11.8 Å². The zero-order chi connectivity index (χ0) is 20.9. The molecule has 156 valence electrons. The Labute approximate surface area is 186 Å². The molecule has 1 atom stereocenters. The molecule has 2 aliphatic heterocycles. The summed E-state index contributed by atoms with van der Waals surface area (Å²) in [6.07, 6.45) is 4.06. The molecule has 6 heteroatoms. The molecule has 2 heterocycles. The highest BCUT2D eigenvalue weighted by atomic mass is 35.5. The maximum absolute atomic E-state index is 14.0. The van der Waals surface area contributed by atoms with Gasteiger partial charge in [0.1, 0.15) is 0 Å². The lowest BCUT2D eigenvalue weighted by Crippen LogP contribution is -2.51. The molecular formula is C24H25ClN2O2S. The number of halogens is 1. The van der Waals surface area contributed by atoms with Crippen molar-refractivity contribution in [2.24, 2.45) is 5.92 Å². The minimum Gasteiger partial charge on any atom is -0.315 e. The van der Waals surface area contributed by atoms with E-state index in [0.717, 1.165) is 48.3 Å². The maximum atomic E-state index is 14.0. The fourth-order valence-corrected chi connectivity index (χ4v) is 6.78. The molecule has 30 heavy (non-hydrogen) atoms. The summed E-state index contributed by atoms with van der Waals surface area (Å²) < 4.78 is 0. The minimum absolute atomic E-state index is 0.0184. The van der Waals surface area contributed by atoms with Gasteiger partial charge >= 0.3 is 0 Å². The van der Waals surface area contributed by atoms with Gasteiger partial charge in [-0.05, 0) is 43.5 Å². The van der Waals surface area contributed by atoms with Gasteiger partial charge in [0.15, 0.2) is 4.87 Å². The Kier molecular flexibility index (Phi) is 5.06. The van der Waals surface area contributed by atoms with Crippen LogP contribution in [-0.4, -0.2) is 29.0 Å². The minimum atomic E-state index is -0.982. The van der Waals surface area contributed by atoms with E-state index >= 15 is 0 Å². The van der Waals surface area contributed by atoms with E-state index in [2.05, 4.69) is 19.1 Å². The second kappa shape index (κ2) is 7.61. The second-order valence-electron chi connectivity index (χ2n) is 8.51. The summed E-state index contributed by atoms with van der Waals surface area (Å²) in [7, 11) is 0. The van der Waals surface area contributed by atoms with Crippen molar-refractivity contribution < 1.29 is 9.59 Å². The first-order chi connectivity index (χ1) is 14.5. The highest BCUT2D eigenvalue weighted by Gasteiger charge is 2.60. The van der Waals surface area contributed by atoms with Crippen LogP contribution in [-0.2, 0) is 21.0 Å². The van der Waals surface area contributed by atoms with E-state index in [1.807, 2.05) is 40.1 Å². The monoisotopic (exact) mass is 440 g/mol. The number of hydrogen-bond donors (Lipinski definition) is 0. The van der Waals surface area contributed by atoms with Crippen LogP contribution in [0.2, 0.25) is 5.02 Å². The normalized spacial score (nSPS) is 23.6. The molecule has 2 fully saturated rings. The third-order valence-corrected chi connectivity index (χ3v) is 8.20. The summed E-state index contributed by atoms with van der Waals surface area (Å²) in [4.78, 5) is 30.2. The Bertz CT molecular complexity index is 1020. The Morgan fingerprint density at radius 1 is 1.20 bits per heavy atom. The number of thioether (sulfide) groups is 1. The lowest BCUT2D eigenvalue weighted by Gasteiger charge is -2.35. The van der Waals surface area contributed by atoms with Crippen LogP contribution in [0, 0.1) is 12.8 Å². The summed E-state index contributed by atoms with van der Waals surface area (Å²) in [6, 6.07) is 13.9. The van der Waals surface area contributed by atoms with Crippen LogP contribution in [0.15, 0.2) is 42.5 Å². The molecule has 0 radical (unpaired) electrons. The van der Waals surface area contributed by atoms with Gasteiger partial charge < -0.3 is 9.80 Å². The van der Waals surface area contributed by atoms with Crippen LogP contribution < -0.4 is 4.90 Å². The van der Waals surface area contributed by atoms with E-state index in [-0.39, 0.29) is 17.7 Å². The molecule has 0 N–H and O–H groups in total. The van der Waals surface area contributed by atoms with E-state index in [4.69, 9.17) is 11.6 Å². The first kappa shape index (κ1) is 20.0. The van der Waals surface area contributed by atoms with Gasteiger partial charge in [-0.1, -0.05) is 54.3 Å². The summed E-state index contributed by atoms with van der Waals surface area (Å²) in [5.41, 5.74) is 3.97. The van der Waals surface area contributed by atoms with Gasteiger partial charge in [0.05, 0.1) is 12.2 Å². The Hall–Kier alpha value is -1.98. The molecule has 1 saturated heterocycles. The molecule has 2 aromatic carbocycles. The number of carbonyl (C=O) groups is 2. The number of benzene rings is 2. The Morgan fingerprint density at radius 3 is 2.77 bits per heavy atom. The van der Waals surface area contributed by atoms with Crippen LogP contribution in [0.25, 0.3) is 0 Å². The van der Waals surface area contributed by atoms with Crippen molar-refractivity contribution in [3.63, 3.8) is 0 Å². The SMILES string of the molecule is Cc1cccc(CN2C(=O)[C@]3(SCCN3C(=O)C3CCCC3)c3cc(Cl)ccc32)c1. The van der Waals surface area contributed by atoms with Crippen LogP contribution in [0.3, 0.4) is 0 Å². The number of fused-ring (bicyclic) bond motifs is 2. The lowest BCUT2D eigenvalue weighted by molar-refractivity contribution is -0.143. The largest absolute Gasteiger partial charge is 0.315 e.